The third-order valence-electron chi connectivity index (χ3n) is 6.56. The minimum atomic E-state index is -0.726. The van der Waals surface area contributed by atoms with Gasteiger partial charge < -0.3 is 21.3 Å². The van der Waals surface area contributed by atoms with Gasteiger partial charge in [-0.25, -0.2) is 9.37 Å². The average molecular weight is 491 g/mol. The average Bonchev–Trinajstić information content (AvgIpc) is 2.89. The van der Waals surface area contributed by atoms with Crippen molar-refractivity contribution >= 4 is 23.5 Å². The summed E-state index contributed by atoms with van der Waals surface area (Å²) >= 11 is 0. The molecule has 0 saturated carbocycles. The Morgan fingerprint density at radius 2 is 1.97 bits per heavy atom. The van der Waals surface area contributed by atoms with E-state index >= 15 is 0 Å². The van der Waals surface area contributed by atoms with E-state index in [0.29, 0.717) is 43.0 Å². The van der Waals surface area contributed by atoms with Gasteiger partial charge >= 0.3 is 0 Å². The summed E-state index contributed by atoms with van der Waals surface area (Å²) in [6, 6.07) is 13.8. The quantitative estimate of drug-likeness (QED) is 0.425. The van der Waals surface area contributed by atoms with Crippen LogP contribution in [0.4, 0.5) is 16.0 Å². The molecule has 36 heavy (non-hydrogen) atoms. The number of rotatable bonds is 9. The maximum Gasteiger partial charge on any atom is 0.229 e. The first-order valence-electron chi connectivity index (χ1n) is 12.1. The first-order chi connectivity index (χ1) is 17.5. The van der Waals surface area contributed by atoms with Crippen LogP contribution in [0.25, 0.3) is 0 Å². The van der Waals surface area contributed by atoms with Gasteiger partial charge in [-0.15, -0.1) is 0 Å². The number of carbonyl (C=O) groups excluding carboxylic acids is 2. The fourth-order valence-corrected chi connectivity index (χ4v) is 4.65. The molecule has 1 aliphatic heterocycles. The van der Waals surface area contributed by atoms with Crippen LogP contribution < -0.4 is 21.3 Å². The Bertz CT molecular complexity index is 1200. The van der Waals surface area contributed by atoms with E-state index in [0.717, 1.165) is 24.2 Å². The van der Waals surface area contributed by atoms with Crippen molar-refractivity contribution in [1.82, 2.24) is 15.3 Å². The first kappa shape index (κ1) is 25.1. The third-order valence-corrected chi connectivity index (χ3v) is 6.56. The molecule has 2 amide bonds. The number of anilines is 2. The van der Waals surface area contributed by atoms with E-state index in [2.05, 4.69) is 20.5 Å². The smallest absolute Gasteiger partial charge is 0.229 e. The number of primary amides is 1. The van der Waals surface area contributed by atoms with Crippen molar-refractivity contribution in [2.45, 2.75) is 25.2 Å². The van der Waals surface area contributed by atoms with E-state index in [1.807, 2.05) is 24.3 Å². The second-order valence-corrected chi connectivity index (χ2v) is 8.91. The molecule has 0 bridgehead atoms. The zero-order chi connectivity index (χ0) is 25.5. The number of benzene rings is 1. The van der Waals surface area contributed by atoms with Crippen molar-refractivity contribution in [1.29, 1.82) is 0 Å². The summed E-state index contributed by atoms with van der Waals surface area (Å²) in [5, 5.41) is 6.08. The highest BCUT2D eigenvalue weighted by atomic mass is 19.1. The van der Waals surface area contributed by atoms with Crippen LogP contribution >= 0.6 is 0 Å². The SMILES string of the molecule is CNC(=O)C1CCN(c2ccc(C(C(N)=O)c3cccnc3)c(NCCc3cccc(F)c3)n2)CC1. The van der Waals surface area contributed by atoms with Crippen molar-refractivity contribution in [2.24, 2.45) is 11.7 Å². The Labute approximate surface area is 210 Å². The molecule has 0 radical (unpaired) electrons. The molecule has 2 aromatic heterocycles. The van der Waals surface area contributed by atoms with Crippen LogP contribution in [0.2, 0.25) is 0 Å². The molecule has 0 aliphatic carbocycles. The van der Waals surface area contributed by atoms with Crippen LogP contribution in [0.15, 0.2) is 60.9 Å². The predicted octanol–water partition coefficient (Wildman–Crippen LogP) is 2.85. The highest BCUT2D eigenvalue weighted by Gasteiger charge is 2.28. The molecule has 1 fully saturated rings. The molecule has 4 rings (SSSR count). The lowest BCUT2D eigenvalue weighted by Gasteiger charge is -2.32. The summed E-state index contributed by atoms with van der Waals surface area (Å²) in [5.74, 6) is -0.133. The van der Waals surface area contributed by atoms with Gasteiger partial charge in [0.1, 0.15) is 17.5 Å². The monoisotopic (exact) mass is 490 g/mol. The lowest BCUT2D eigenvalue weighted by molar-refractivity contribution is -0.125. The Balaban J connectivity index is 1.60. The summed E-state index contributed by atoms with van der Waals surface area (Å²) < 4.78 is 13.6. The van der Waals surface area contributed by atoms with Crippen LogP contribution in [0.3, 0.4) is 0 Å². The van der Waals surface area contributed by atoms with Crippen LogP contribution in [0, 0.1) is 11.7 Å². The third kappa shape index (κ3) is 5.97. The summed E-state index contributed by atoms with van der Waals surface area (Å²) in [5.41, 5.74) is 8.02. The number of hydrogen-bond acceptors (Lipinski definition) is 6. The van der Waals surface area contributed by atoms with Crippen molar-refractivity contribution in [3.63, 3.8) is 0 Å². The summed E-state index contributed by atoms with van der Waals surface area (Å²) in [6.07, 6.45) is 5.33. The minimum Gasteiger partial charge on any atom is -0.369 e. The Hall–Kier alpha value is -4.01. The number of hydrogen-bond donors (Lipinski definition) is 3. The maximum absolute atomic E-state index is 13.6. The van der Waals surface area contributed by atoms with Crippen molar-refractivity contribution in [3.05, 3.63) is 83.4 Å². The fourth-order valence-electron chi connectivity index (χ4n) is 4.65. The van der Waals surface area contributed by atoms with Crippen LogP contribution in [-0.2, 0) is 16.0 Å². The van der Waals surface area contributed by atoms with Gasteiger partial charge in [0.05, 0.1) is 5.92 Å². The summed E-state index contributed by atoms with van der Waals surface area (Å²) in [4.78, 5) is 35.7. The second-order valence-electron chi connectivity index (χ2n) is 8.91. The molecular formula is C27H31FN6O2. The fraction of sp³-hybridized carbons (Fsp3) is 0.333. The van der Waals surface area contributed by atoms with Crippen molar-refractivity contribution in [3.8, 4) is 0 Å². The van der Waals surface area contributed by atoms with Gasteiger partial charge in [-0.1, -0.05) is 24.3 Å². The number of nitrogens with one attached hydrogen (secondary N) is 2. The lowest BCUT2D eigenvalue weighted by atomic mass is 9.91. The zero-order valence-corrected chi connectivity index (χ0v) is 20.3. The van der Waals surface area contributed by atoms with Gasteiger partial charge in [-0.05, 0) is 54.7 Å². The number of aromatic nitrogens is 2. The Morgan fingerprint density at radius 1 is 1.17 bits per heavy atom. The minimum absolute atomic E-state index is 0.000732. The van der Waals surface area contributed by atoms with Crippen LogP contribution in [-0.4, -0.2) is 48.5 Å². The highest BCUT2D eigenvalue weighted by Crippen LogP contribution is 2.32. The first-order valence-corrected chi connectivity index (χ1v) is 12.1. The number of carbonyl (C=O) groups is 2. The van der Waals surface area contributed by atoms with Gasteiger partial charge in [0, 0.05) is 50.6 Å². The van der Waals surface area contributed by atoms with E-state index in [4.69, 9.17) is 10.7 Å². The molecule has 1 atom stereocenters. The molecule has 1 unspecified atom stereocenters. The standard InChI is InChI=1S/C27H31FN6O2/c1-30-27(36)19-10-14-34(15-11-19)23-8-7-22(24(25(29)35)20-5-3-12-31-17-20)26(33-23)32-13-9-18-4-2-6-21(28)16-18/h2-8,12,16-17,19,24H,9-11,13-15H2,1H3,(H2,29,35)(H,30,36)(H,32,33). The molecule has 8 nitrogen and oxygen atoms in total. The molecule has 1 aromatic carbocycles. The molecule has 3 aromatic rings. The molecule has 1 aliphatic rings. The lowest BCUT2D eigenvalue weighted by Crippen LogP contribution is -2.40. The topological polar surface area (TPSA) is 113 Å². The second kappa shape index (κ2) is 11.6. The van der Waals surface area contributed by atoms with Gasteiger partial charge in [0.25, 0.3) is 0 Å². The number of piperidine rings is 1. The number of nitrogens with zero attached hydrogens (tertiary/aromatic N) is 3. The van der Waals surface area contributed by atoms with Crippen molar-refractivity contribution in [2.75, 3.05) is 36.9 Å². The number of pyridine rings is 2. The van der Waals surface area contributed by atoms with Crippen LogP contribution in [0.5, 0.6) is 0 Å². The molecule has 4 N–H and O–H groups in total. The number of nitrogens with two attached hydrogens (primary N) is 1. The Morgan fingerprint density at radius 3 is 2.64 bits per heavy atom. The van der Waals surface area contributed by atoms with Gasteiger partial charge in [0.2, 0.25) is 11.8 Å². The maximum atomic E-state index is 13.6. The van der Waals surface area contributed by atoms with Gasteiger partial charge in [0.15, 0.2) is 0 Å². The molecule has 0 spiro atoms. The summed E-state index contributed by atoms with van der Waals surface area (Å²) in [7, 11) is 1.66. The van der Waals surface area contributed by atoms with E-state index in [1.165, 1.54) is 12.1 Å². The van der Waals surface area contributed by atoms with Gasteiger partial charge in [-0.2, -0.15) is 0 Å². The van der Waals surface area contributed by atoms with E-state index in [9.17, 15) is 14.0 Å². The van der Waals surface area contributed by atoms with Crippen molar-refractivity contribution < 1.29 is 14.0 Å². The van der Waals surface area contributed by atoms with E-state index in [-0.39, 0.29) is 17.6 Å². The molecular weight excluding hydrogens is 459 g/mol. The zero-order valence-electron chi connectivity index (χ0n) is 20.3. The molecule has 9 heteroatoms. The largest absolute Gasteiger partial charge is 0.369 e. The molecule has 188 valence electrons. The number of halogens is 1. The van der Waals surface area contributed by atoms with E-state index in [1.54, 1.807) is 31.6 Å². The van der Waals surface area contributed by atoms with Gasteiger partial charge in [-0.3, -0.25) is 14.6 Å². The highest BCUT2D eigenvalue weighted by molar-refractivity contribution is 5.87. The van der Waals surface area contributed by atoms with E-state index < -0.39 is 11.8 Å². The van der Waals surface area contributed by atoms with Crippen LogP contribution in [0.1, 0.15) is 35.4 Å². The summed E-state index contributed by atoms with van der Waals surface area (Å²) in [6.45, 7) is 1.90. The Kier molecular flexibility index (Phi) is 8.10. The molecule has 3 heterocycles. The predicted molar refractivity (Wildman–Crippen MR) is 137 cm³/mol. The number of amides is 2. The normalized spacial score (nSPS) is 14.8. The molecule has 1 saturated heterocycles.